The van der Waals surface area contributed by atoms with E-state index in [1.807, 2.05) is 28.9 Å². The van der Waals surface area contributed by atoms with Crippen LogP contribution in [0.25, 0.3) is 0 Å². The molecule has 0 unspecified atom stereocenters. The van der Waals surface area contributed by atoms with Gasteiger partial charge in [-0.2, -0.15) is 5.10 Å². The first-order valence-corrected chi connectivity index (χ1v) is 6.65. The van der Waals surface area contributed by atoms with Gasteiger partial charge in [-0.25, -0.2) is 0 Å². The molecule has 1 heterocycles. The van der Waals surface area contributed by atoms with Gasteiger partial charge in [0.15, 0.2) is 0 Å². The third kappa shape index (κ3) is 3.35. The van der Waals surface area contributed by atoms with E-state index in [-0.39, 0.29) is 6.61 Å². The topological polar surface area (TPSA) is 47.3 Å². The van der Waals surface area contributed by atoms with Crippen molar-refractivity contribution < 1.29 is 9.84 Å². The monoisotopic (exact) mass is 260 g/mol. The number of aryl methyl sites for hydroxylation is 2. The van der Waals surface area contributed by atoms with E-state index in [0.29, 0.717) is 6.61 Å². The fourth-order valence-corrected chi connectivity index (χ4v) is 1.93. The molecular weight excluding hydrogens is 240 g/mol. The highest BCUT2D eigenvalue weighted by Gasteiger charge is 2.06. The van der Waals surface area contributed by atoms with Crippen LogP contribution in [0.3, 0.4) is 0 Å². The minimum Gasteiger partial charge on any atom is -0.487 e. The van der Waals surface area contributed by atoms with Crippen molar-refractivity contribution in [2.75, 3.05) is 0 Å². The second kappa shape index (κ2) is 6.38. The van der Waals surface area contributed by atoms with E-state index in [1.54, 1.807) is 0 Å². The molecule has 0 aliphatic carbocycles. The van der Waals surface area contributed by atoms with Crippen LogP contribution in [-0.4, -0.2) is 14.9 Å². The number of ether oxygens (including phenoxy) is 1. The Morgan fingerprint density at radius 1 is 1.21 bits per heavy atom. The van der Waals surface area contributed by atoms with Crippen molar-refractivity contribution in [1.82, 2.24) is 9.78 Å². The SMILES string of the molecule is CCc1cc(COc2ccc(CO)cc2)n(CC)n1. The highest BCUT2D eigenvalue weighted by atomic mass is 16.5. The third-order valence-electron chi connectivity index (χ3n) is 3.07. The normalized spacial score (nSPS) is 10.7. The molecule has 19 heavy (non-hydrogen) atoms. The van der Waals surface area contributed by atoms with Crippen LogP contribution in [0.4, 0.5) is 0 Å². The number of benzene rings is 1. The van der Waals surface area contributed by atoms with Crippen LogP contribution < -0.4 is 4.74 Å². The predicted octanol–water partition coefficient (Wildman–Crippen LogP) is 2.54. The molecule has 0 atom stereocenters. The smallest absolute Gasteiger partial charge is 0.130 e. The van der Waals surface area contributed by atoms with Gasteiger partial charge in [0.1, 0.15) is 12.4 Å². The number of rotatable bonds is 6. The molecule has 0 saturated heterocycles. The highest BCUT2D eigenvalue weighted by Crippen LogP contribution is 2.15. The van der Waals surface area contributed by atoms with Crippen LogP contribution in [0.15, 0.2) is 30.3 Å². The van der Waals surface area contributed by atoms with Gasteiger partial charge in [-0.15, -0.1) is 0 Å². The lowest BCUT2D eigenvalue weighted by atomic mass is 10.2. The lowest BCUT2D eigenvalue weighted by Crippen LogP contribution is -2.06. The molecule has 0 aliphatic heterocycles. The van der Waals surface area contributed by atoms with Crippen LogP contribution in [0.5, 0.6) is 5.75 Å². The number of hydrogen-bond acceptors (Lipinski definition) is 3. The second-order valence-corrected chi connectivity index (χ2v) is 4.39. The van der Waals surface area contributed by atoms with E-state index in [1.165, 1.54) is 0 Å². The Bertz CT molecular complexity index is 517. The van der Waals surface area contributed by atoms with Gasteiger partial charge in [-0.3, -0.25) is 4.68 Å². The van der Waals surface area contributed by atoms with Gasteiger partial charge < -0.3 is 9.84 Å². The molecule has 0 fully saturated rings. The summed E-state index contributed by atoms with van der Waals surface area (Å²) in [5, 5.41) is 13.5. The molecule has 0 spiro atoms. The Labute approximate surface area is 113 Å². The molecule has 0 aliphatic rings. The summed E-state index contributed by atoms with van der Waals surface area (Å²) >= 11 is 0. The van der Waals surface area contributed by atoms with Gasteiger partial charge >= 0.3 is 0 Å². The molecular formula is C15H20N2O2. The molecule has 1 aromatic carbocycles. The third-order valence-corrected chi connectivity index (χ3v) is 3.07. The van der Waals surface area contributed by atoms with Gasteiger partial charge in [0.2, 0.25) is 0 Å². The molecule has 102 valence electrons. The summed E-state index contributed by atoms with van der Waals surface area (Å²) in [6.45, 7) is 5.59. The zero-order valence-electron chi connectivity index (χ0n) is 11.5. The van der Waals surface area contributed by atoms with E-state index in [0.717, 1.165) is 35.7 Å². The molecule has 1 aromatic heterocycles. The summed E-state index contributed by atoms with van der Waals surface area (Å²) in [5.74, 6) is 0.805. The Morgan fingerprint density at radius 3 is 2.53 bits per heavy atom. The molecule has 0 bridgehead atoms. The zero-order chi connectivity index (χ0) is 13.7. The van der Waals surface area contributed by atoms with Crippen LogP contribution >= 0.6 is 0 Å². The van der Waals surface area contributed by atoms with Crippen molar-refractivity contribution in [3.05, 3.63) is 47.3 Å². The quantitative estimate of drug-likeness (QED) is 0.868. The summed E-state index contributed by atoms with van der Waals surface area (Å²) in [7, 11) is 0. The first-order chi connectivity index (χ1) is 9.26. The Hall–Kier alpha value is -1.81. The maximum absolute atomic E-state index is 8.98. The van der Waals surface area contributed by atoms with Gasteiger partial charge in [0, 0.05) is 6.54 Å². The summed E-state index contributed by atoms with van der Waals surface area (Å²) in [6, 6.07) is 9.57. The Balaban J connectivity index is 2.02. The predicted molar refractivity (Wildman–Crippen MR) is 74.0 cm³/mol. The number of aliphatic hydroxyl groups excluding tert-OH is 1. The maximum atomic E-state index is 8.98. The lowest BCUT2D eigenvalue weighted by molar-refractivity contribution is 0.279. The first kappa shape index (κ1) is 13.6. The number of hydrogen-bond donors (Lipinski definition) is 1. The highest BCUT2D eigenvalue weighted by molar-refractivity contribution is 5.27. The molecule has 4 nitrogen and oxygen atoms in total. The lowest BCUT2D eigenvalue weighted by Gasteiger charge is -2.08. The first-order valence-electron chi connectivity index (χ1n) is 6.65. The molecule has 4 heteroatoms. The number of aliphatic hydroxyl groups is 1. The molecule has 2 rings (SSSR count). The summed E-state index contributed by atoms with van der Waals surface area (Å²) in [4.78, 5) is 0. The largest absolute Gasteiger partial charge is 0.487 e. The van der Waals surface area contributed by atoms with E-state index < -0.39 is 0 Å². The van der Waals surface area contributed by atoms with Crippen molar-refractivity contribution in [1.29, 1.82) is 0 Å². The molecule has 0 radical (unpaired) electrons. The van der Waals surface area contributed by atoms with Crippen LogP contribution in [0.2, 0.25) is 0 Å². The summed E-state index contributed by atoms with van der Waals surface area (Å²) in [5.41, 5.74) is 3.07. The van der Waals surface area contributed by atoms with Gasteiger partial charge in [0.05, 0.1) is 18.0 Å². The summed E-state index contributed by atoms with van der Waals surface area (Å²) < 4.78 is 7.72. The van der Waals surface area contributed by atoms with E-state index in [4.69, 9.17) is 9.84 Å². The molecule has 1 N–H and O–H groups in total. The average molecular weight is 260 g/mol. The van der Waals surface area contributed by atoms with Crippen molar-refractivity contribution in [3.63, 3.8) is 0 Å². The maximum Gasteiger partial charge on any atom is 0.130 e. The van der Waals surface area contributed by atoms with E-state index in [9.17, 15) is 0 Å². The van der Waals surface area contributed by atoms with Crippen molar-refractivity contribution in [3.8, 4) is 5.75 Å². The fourth-order valence-electron chi connectivity index (χ4n) is 1.93. The van der Waals surface area contributed by atoms with Crippen LogP contribution in [0.1, 0.15) is 30.8 Å². The molecule has 0 saturated carbocycles. The van der Waals surface area contributed by atoms with Crippen molar-refractivity contribution in [2.45, 2.75) is 40.0 Å². The van der Waals surface area contributed by atoms with E-state index in [2.05, 4.69) is 25.0 Å². The minimum absolute atomic E-state index is 0.0583. The summed E-state index contributed by atoms with van der Waals surface area (Å²) in [6.07, 6.45) is 0.936. The van der Waals surface area contributed by atoms with Crippen LogP contribution in [0, 0.1) is 0 Å². The average Bonchev–Trinajstić information content (AvgIpc) is 2.88. The molecule has 2 aromatic rings. The standard InChI is InChI=1S/C15H20N2O2/c1-3-13-9-14(17(4-2)16-13)11-19-15-7-5-12(10-18)6-8-15/h5-9,18H,3-4,10-11H2,1-2H3. The van der Waals surface area contributed by atoms with Crippen LogP contribution in [-0.2, 0) is 26.2 Å². The minimum atomic E-state index is 0.0583. The van der Waals surface area contributed by atoms with Gasteiger partial charge in [0.25, 0.3) is 0 Å². The zero-order valence-corrected chi connectivity index (χ0v) is 11.5. The Morgan fingerprint density at radius 2 is 1.95 bits per heavy atom. The van der Waals surface area contributed by atoms with Gasteiger partial charge in [-0.05, 0) is 37.1 Å². The van der Waals surface area contributed by atoms with E-state index >= 15 is 0 Å². The molecule has 0 amide bonds. The fraction of sp³-hybridized carbons (Fsp3) is 0.400. The number of aromatic nitrogens is 2. The van der Waals surface area contributed by atoms with Gasteiger partial charge in [-0.1, -0.05) is 19.1 Å². The van der Waals surface area contributed by atoms with Crippen molar-refractivity contribution >= 4 is 0 Å². The number of nitrogens with zero attached hydrogens (tertiary/aromatic N) is 2. The van der Waals surface area contributed by atoms with Crippen molar-refractivity contribution in [2.24, 2.45) is 0 Å². The second-order valence-electron chi connectivity index (χ2n) is 4.39. The Kier molecular flexibility index (Phi) is 4.58.